The van der Waals surface area contributed by atoms with Gasteiger partial charge in [-0.2, -0.15) is 10.2 Å². The number of nitrogens with one attached hydrogen (secondary N) is 1. The number of aromatic nitrogens is 5. The monoisotopic (exact) mass is 354 g/mol. The highest BCUT2D eigenvalue weighted by atomic mass is 79.9. The van der Waals surface area contributed by atoms with Gasteiger partial charge in [-0.3, -0.25) is 4.68 Å². The molecule has 0 atom stereocenters. The van der Waals surface area contributed by atoms with Gasteiger partial charge in [-0.05, 0) is 50.5 Å². The van der Waals surface area contributed by atoms with Crippen molar-refractivity contribution >= 4 is 15.9 Å². The Morgan fingerprint density at radius 2 is 2.00 bits per heavy atom. The maximum atomic E-state index is 4.52. The highest BCUT2D eigenvalue weighted by molar-refractivity contribution is 9.10. The van der Waals surface area contributed by atoms with Crippen molar-refractivity contribution in [2.75, 3.05) is 0 Å². The first-order valence-electron chi connectivity index (χ1n) is 7.15. The zero-order chi connectivity index (χ0) is 15.6. The van der Waals surface area contributed by atoms with E-state index < -0.39 is 0 Å². The average molecular weight is 355 g/mol. The highest BCUT2D eigenvalue weighted by Gasteiger charge is 2.14. The molecule has 0 aliphatic heterocycles. The van der Waals surface area contributed by atoms with E-state index in [2.05, 4.69) is 64.1 Å². The molecule has 0 radical (unpaired) electrons. The van der Waals surface area contributed by atoms with E-state index >= 15 is 0 Å². The number of nitrogens with zero attached hydrogens (tertiary/aromatic N) is 5. The third-order valence-corrected chi connectivity index (χ3v) is 4.16. The van der Waals surface area contributed by atoms with Crippen LogP contribution in [0.4, 0.5) is 0 Å². The van der Waals surface area contributed by atoms with Gasteiger partial charge in [-0.1, -0.05) is 0 Å². The Morgan fingerprint density at radius 3 is 2.62 bits per heavy atom. The van der Waals surface area contributed by atoms with Crippen LogP contribution in [0, 0.1) is 6.92 Å². The fraction of sp³-hybridized carbons (Fsp3) is 0.643. The molecule has 0 aliphatic rings. The van der Waals surface area contributed by atoms with Crippen LogP contribution in [0.2, 0.25) is 0 Å². The van der Waals surface area contributed by atoms with Crippen LogP contribution in [0.15, 0.2) is 10.8 Å². The van der Waals surface area contributed by atoms with Crippen molar-refractivity contribution in [3.8, 4) is 0 Å². The fourth-order valence-corrected chi connectivity index (χ4v) is 2.42. The Balaban J connectivity index is 2.09. The summed E-state index contributed by atoms with van der Waals surface area (Å²) in [6, 6.07) is 0. The normalized spacial score (nSPS) is 12.1. The van der Waals surface area contributed by atoms with Gasteiger partial charge in [0.2, 0.25) is 0 Å². The molecular formula is C14H23BrN6. The molecular weight excluding hydrogens is 332 g/mol. The van der Waals surface area contributed by atoms with E-state index in [1.165, 1.54) is 0 Å². The topological polar surface area (TPSA) is 60.6 Å². The van der Waals surface area contributed by atoms with Gasteiger partial charge in [0.05, 0.1) is 29.0 Å². The fourth-order valence-electron chi connectivity index (χ4n) is 2.01. The summed E-state index contributed by atoms with van der Waals surface area (Å²) in [5, 5.41) is 12.4. The summed E-state index contributed by atoms with van der Waals surface area (Å²) in [6.45, 7) is 12.6. The molecule has 7 heteroatoms. The molecule has 2 aromatic heterocycles. The van der Waals surface area contributed by atoms with Crippen molar-refractivity contribution in [1.29, 1.82) is 0 Å². The summed E-state index contributed by atoms with van der Waals surface area (Å²) in [5.74, 6) is 0.806. The lowest BCUT2D eigenvalue weighted by atomic mass is 10.1. The van der Waals surface area contributed by atoms with E-state index in [-0.39, 0.29) is 5.54 Å². The maximum Gasteiger partial charge on any atom is 0.164 e. The van der Waals surface area contributed by atoms with Crippen LogP contribution in [-0.4, -0.2) is 30.1 Å². The van der Waals surface area contributed by atoms with E-state index in [1.54, 1.807) is 6.33 Å². The van der Waals surface area contributed by atoms with E-state index in [0.29, 0.717) is 13.1 Å². The molecule has 21 heavy (non-hydrogen) atoms. The third-order valence-electron chi connectivity index (χ3n) is 3.13. The van der Waals surface area contributed by atoms with E-state index in [0.717, 1.165) is 28.2 Å². The van der Waals surface area contributed by atoms with Crippen molar-refractivity contribution in [3.05, 3.63) is 28.0 Å². The Kier molecular flexibility index (Phi) is 4.83. The van der Waals surface area contributed by atoms with Gasteiger partial charge in [-0.25, -0.2) is 9.67 Å². The number of hydrogen-bond acceptors (Lipinski definition) is 4. The Labute approximate surface area is 134 Å². The minimum Gasteiger partial charge on any atom is -0.305 e. The van der Waals surface area contributed by atoms with E-state index in [1.807, 2.05) is 16.3 Å². The molecule has 6 nitrogen and oxygen atoms in total. The SMILES string of the molecule is CCn1nc(C)c(Br)c1Cn1cnc(CNC(C)(C)C)n1. The van der Waals surface area contributed by atoms with E-state index in [4.69, 9.17) is 0 Å². The summed E-state index contributed by atoms with van der Waals surface area (Å²) < 4.78 is 4.90. The molecule has 2 heterocycles. The molecule has 116 valence electrons. The number of hydrogen-bond donors (Lipinski definition) is 1. The molecule has 0 aromatic carbocycles. The van der Waals surface area contributed by atoms with Gasteiger partial charge in [0.15, 0.2) is 5.82 Å². The number of rotatable bonds is 5. The largest absolute Gasteiger partial charge is 0.305 e. The van der Waals surface area contributed by atoms with Crippen LogP contribution in [0.25, 0.3) is 0 Å². The standard InChI is InChI=1S/C14H23BrN6/c1-6-21-11(13(15)10(2)18-21)8-20-9-16-12(19-20)7-17-14(3,4)5/h9,17H,6-8H2,1-5H3. The van der Waals surface area contributed by atoms with Crippen molar-refractivity contribution in [3.63, 3.8) is 0 Å². The molecule has 0 unspecified atom stereocenters. The lowest BCUT2D eigenvalue weighted by Gasteiger charge is -2.19. The van der Waals surface area contributed by atoms with Crippen molar-refractivity contribution in [1.82, 2.24) is 29.9 Å². The molecule has 0 bridgehead atoms. The second-order valence-electron chi connectivity index (χ2n) is 6.12. The summed E-state index contributed by atoms with van der Waals surface area (Å²) in [4.78, 5) is 4.35. The van der Waals surface area contributed by atoms with Gasteiger partial charge in [-0.15, -0.1) is 0 Å². The Morgan fingerprint density at radius 1 is 1.29 bits per heavy atom. The molecule has 0 saturated carbocycles. The van der Waals surface area contributed by atoms with Gasteiger partial charge < -0.3 is 5.32 Å². The second-order valence-corrected chi connectivity index (χ2v) is 6.92. The van der Waals surface area contributed by atoms with Gasteiger partial charge in [0.25, 0.3) is 0 Å². The molecule has 0 amide bonds. The number of aryl methyl sites for hydroxylation is 2. The van der Waals surface area contributed by atoms with Gasteiger partial charge in [0, 0.05) is 12.1 Å². The van der Waals surface area contributed by atoms with Crippen LogP contribution in [-0.2, 0) is 19.6 Å². The number of halogens is 1. The minimum atomic E-state index is 0.0619. The van der Waals surface area contributed by atoms with Crippen LogP contribution in [0.5, 0.6) is 0 Å². The zero-order valence-electron chi connectivity index (χ0n) is 13.3. The van der Waals surface area contributed by atoms with Crippen molar-refractivity contribution < 1.29 is 0 Å². The molecule has 0 spiro atoms. The smallest absolute Gasteiger partial charge is 0.164 e. The molecule has 2 rings (SSSR count). The quantitative estimate of drug-likeness (QED) is 0.895. The molecule has 0 fully saturated rings. The van der Waals surface area contributed by atoms with Gasteiger partial charge >= 0.3 is 0 Å². The molecule has 0 saturated heterocycles. The average Bonchev–Trinajstić information content (AvgIpc) is 2.95. The first-order chi connectivity index (χ1) is 9.80. The summed E-state index contributed by atoms with van der Waals surface area (Å²) in [5.41, 5.74) is 2.18. The lowest BCUT2D eigenvalue weighted by Crippen LogP contribution is -2.35. The summed E-state index contributed by atoms with van der Waals surface area (Å²) >= 11 is 3.61. The lowest BCUT2D eigenvalue weighted by molar-refractivity contribution is 0.416. The molecule has 1 N–H and O–H groups in total. The van der Waals surface area contributed by atoms with E-state index in [9.17, 15) is 0 Å². The Bertz CT molecular complexity index is 607. The molecule has 0 aliphatic carbocycles. The van der Waals surface area contributed by atoms with Crippen molar-refractivity contribution in [2.45, 2.75) is 59.8 Å². The zero-order valence-corrected chi connectivity index (χ0v) is 14.9. The van der Waals surface area contributed by atoms with Gasteiger partial charge in [0.1, 0.15) is 6.33 Å². The van der Waals surface area contributed by atoms with Crippen LogP contribution < -0.4 is 5.32 Å². The first kappa shape index (κ1) is 16.2. The van der Waals surface area contributed by atoms with Crippen LogP contribution in [0.3, 0.4) is 0 Å². The second kappa shape index (κ2) is 6.27. The van der Waals surface area contributed by atoms with Crippen molar-refractivity contribution in [2.24, 2.45) is 0 Å². The van der Waals surface area contributed by atoms with Crippen LogP contribution >= 0.6 is 15.9 Å². The Hall–Kier alpha value is -1.21. The predicted octanol–water partition coefficient (Wildman–Crippen LogP) is 2.50. The van der Waals surface area contributed by atoms with Crippen LogP contribution in [0.1, 0.15) is 44.9 Å². The summed E-state index contributed by atoms with van der Waals surface area (Å²) in [6.07, 6.45) is 1.77. The third kappa shape index (κ3) is 4.14. The molecule has 2 aromatic rings. The highest BCUT2D eigenvalue weighted by Crippen LogP contribution is 2.21. The maximum absolute atomic E-state index is 4.52. The first-order valence-corrected chi connectivity index (χ1v) is 7.94. The summed E-state index contributed by atoms with van der Waals surface area (Å²) in [7, 11) is 0. The predicted molar refractivity (Wildman–Crippen MR) is 86.1 cm³/mol. The minimum absolute atomic E-state index is 0.0619.